The summed E-state index contributed by atoms with van der Waals surface area (Å²) in [6, 6.07) is 5.61. The summed E-state index contributed by atoms with van der Waals surface area (Å²) in [7, 11) is 0. The second-order valence-corrected chi connectivity index (χ2v) is 7.67. The van der Waals surface area contributed by atoms with Gasteiger partial charge >= 0.3 is 0 Å². The molecule has 2 heterocycles. The Bertz CT molecular complexity index is 392. The van der Waals surface area contributed by atoms with E-state index < -0.39 is 0 Å². The molecule has 1 aliphatic heterocycles. The van der Waals surface area contributed by atoms with Gasteiger partial charge in [-0.25, -0.2) is 0 Å². The minimum Gasteiger partial charge on any atom is -0.375 e. The Morgan fingerprint density at radius 1 is 1.40 bits per heavy atom. The molecule has 3 rings (SSSR count). The van der Waals surface area contributed by atoms with Gasteiger partial charge in [-0.2, -0.15) is 0 Å². The van der Waals surface area contributed by atoms with E-state index in [0.717, 1.165) is 13.0 Å². The largest absolute Gasteiger partial charge is 0.375 e. The van der Waals surface area contributed by atoms with E-state index in [1.165, 1.54) is 49.8 Å². The molecule has 1 aromatic rings. The minimum atomic E-state index is 0.219. The van der Waals surface area contributed by atoms with E-state index >= 15 is 0 Å². The number of hydrogen-bond donors (Lipinski definition) is 1. The third-order valence-electron chi connectivity index (χ3n) is 4.87. The normalized spacial score (nSPS) is 27.6. The highest BCUT2D eigenvalue weighted by molar-refractivity contribution is 7.09. The zero-order chi connectivity index (χ0) is 13.8. The maximum atomic E-state index is 6.19. The standard InChI is InChI=1S/C17H27NOS/c1-14(12-16-6-5-11-20-16)18-15-7-10-19-17(13-15)8-3-2-4-9-17/h5-6,11,14-15,18H,2-4,7-10,12-13H2,1H3. The lowest BCUT2D eigenvalue weighted by Crippen LogP contribution is -2.50. The lowest BCUT2D eigenvalue weighted by atomic mass is 9.78. The maximum Gasteiger partial charge on any atom is 0.0697 e. The highest BCUT2D eigenvalue weighted by Gasteiger charge is 2.38. The Hall–Kier alpha value is -0.380. The third kappa shape index (κ3) is 3.63. The van der Waals surface area contributed by atoms with E-state index in [-0.39, 0.29) is 5.60 Å². The molecule has 1 aliphatic carbocycles. The average molecular weight is 293 g/mol. The van der Waals surface area contributed by atoms with Crippen molar-refractivity contribution in [3.8, 4) is 0 Å². The molecular formula is C17H27NOS. The van der Waals surface area contributed by atoms with Gasteiger partial charge < -0.3 is 10.1 Å². The van der Waals surface area contributed by atoms with Crippen molar-refractivity contribution in [2.45, 2.75) is 76.0 Å². The fourth-order valence-electron chi connectivity index (χ4n) is 3.91. The summed E-state index contributed by atoms with van der Waals surface area (Å²) in [4.78, 5) is 1.49. The van der Waals surface area contributed by atoms with Gasteiger partial charge in [-0.05, 0) is 50.5 Å². The van der Waals surface area contributed by atoms with Gasteiger partial charge in [0.1, 0.15) is 0 Å². The number of nitrogens with one attached hydrogen (secondary N) is 1. The van der Waals surface area contributed by atoms with Gasteiger partial charge in [-0.15, -0.1) is 11.3 Å². The zero-order valence-corrected chi connectivity index (χ0v) is 13.4. The first-order valence-corrected chi connectivity index (χ1v) is 9.06. The predicted molar refractivity (Wildman–Crippen MR) is 85.4 cm³/mol. The molecule has 0 aromatic carbocycles. The van der Waals surface area contributed by atoms with Gasteiger partial charge in [0.15, 0.2) is 0 Å². The molecule has 1 saturated heterocycles. The molecule has 3 heteroatoms. The Morgan fingerprint density at radius 3 is 3.00 bits per heavy atom. The molecule has 2 atom stereocenters. The van der Waals surface area contributed by atoms with Crippen molar-refractivity contribution in [2.75, 3.05) is 6.61 Å². The molecule has 2 unspecified atom stereocenters. The molecule has 2 nitrogen and oxygen atoms in total. The van der Waals surface area contributed by atoms with Crippen LogP contribution in [0, 0.1) is 0 Å². The number of thiophene rings is 1. The van der Waals surface area contributed by atoms with Gasteiger partial charge in [0.05, 0.1) is 5.60 Å². The average Bonchev–Trinajstić information content (AvgIpc) is 2.92. The van der Waals surface area contributed by atoms with Crippen molar-refractivity contribution in [3.05, 3.63) is 22.4 Å². The van der Waals surface area contributed by atoms with Crippen LogP contribution in [0.1, 0.15) is 56.7 Å². The van der Waals surface area contributed by atoms with E-state index in [4.69, 9.17) is 4.74 Å². The lowest BCUT2D eigenvalue weighted by molar-refractivity contribution is -0.109. The first kappa shape index (κ1) is 14.6. The molecule has 1 N–H and O–H groups in total. The molecular weight excluding hydrogens is 266 g/mol. The quantitative estimate of drug-likeness (QED) is 0.900. The fourth-order valence-corrected chi connectivity index (χ4v) is 4.74. The van der Waals surface area contributed by atoms with E-state index in [0.29, 0.717) is 12.1 Å². The zero-order valence-electron chi connectivity index (χ0n) is 12.6. The molecule has 2 fully saturated rings. The Kier molecular flexibility index (Phi) is 4.79. The van der Waals surface area contributed by atoms with Crippen LogP contribution in [0.3, 0.4) is 0 Å². The summed E-state index contributed by atoms with van der Waals surface area (Å²) >= 11 is 1.87. The van der Waals surface area contributed by atoms with Crippen LogP contribution in [0.5, 0.6) is 0 Å². The van der Waals surface area contributed by atoms with Gasteiger partial charge in [0.2, 0.25) is 0 Å². The molecule has 0 amide bonds. The molecule has 2 aliphatic rings. The van der Waals surface area contributed by atoms with Crippen LogP contribution in [0.15, 0.2) is 17.5 Å². The number of hydrogen-bond acceptors (Lipinski definition) is 3. The van der Waals surface area contributed by atoms with Crippen LogP contribution in [0.25, 0.3) is 0 Å². The van der Waals surface area contributed by atoms with Crippen molar-refractivity contribution >= 4 is 11.3 Å². The van der Waals surface area contributed by atoms with Gasteiger partial charge in [0.25, 0.3) is 0 Å². The van der Waals surface area contributed by atoms with Gasteiger partial charge in [0, 0.05) is 23.6 Å². The topological polar surface area (TPSA) is 21.3 Å². The highest BCUT2D eigenvalue weighted by atomic mass is 32.1. The molecule has 0 radical (unpaired) electrons. The first-order chi connectivity index (χ1) is 9.76. The van der Waals surface area contributed by atoms with Crippen LogP contribution < -0.4 is 5.32 Å². The van der Waals surface area contributed by atoms with Gasteiger partial charge in [-0.1, -0.05) is 25.3 Å². The van der Waals surface area contributed by atoms with Crippen molar-refractivity contribution < 1.29 is 4.74 Å². The van der Waals surface area contributed by atoms with E-state index in [1.54, 1.807) is 0 Å². The summed E-state index contributed by atoms with van der Waals surface area (Å²) in [6.07, 6.45) is 10.2. The monoisotopic (exact) mass is 293 g/mol. The van der Waals surface area contributed by atoms with Crippen LogP contribution in [-0.4, -0.2) is 24.3 Å². The molecule has 20 heavy (non-hydrogen) atoms. The summed E-state index contributed by atoms with van der Waals surface area (Å²) in [5, 5.41) is 6.03. The fraction of sp³-hybridized carbons (Fsp3) is 0.765. The van der Waals surface area contributed by atoms with E-state index in [2.05, 4.69) is 29.8 Å². The Balaban J connectivity index is 1.51. The second-order valence-electron chi connectivity index (χ2n) is 6.63. The van der Waals surface area contributed by atoms with Crippen LogP contribution in [0.2, 0.25) is 0 Å². The predicted octanol–water partition coefficient (Wildman–Crippen LogP) is 4.15. The summed E-state index contributed by atoms with van der Waals surface area (Å²) in [5.74, 6) is 0. The minimum absolute atomic E-state index is 0.219. The van der Waals surface area contributed by atoms with Gasteiger partial charge in [-0.3, -0.25) is 0 Å². The molecule has 1 saturated carbocycles. The van der Waals surface area contributed by atoms with Crippen LogP contribution in [-0.2, 0) is 11.2 Å². The lowest BCUT2D eigenvalue weighted by Gasteiger charge is -2.44. The van der Waals surface area contributed by atoms with Crippen molar-refractivity contribution in [3.63, 3.8) is 0 Å². The summed E-state index contributed by atoms with van der Waals surface area (Å²) in [6.45, 7) is 3.27. The second kappa shape index (κ2) is 6.59. The smallest absolute Gasteiger partial charge is 0.0697 e. The molecule has 1 spiro atoms. The molecule has 112 valence electrons. The van der Waals surface area contributed by atoms with Crippen molar-refractivity contribution in [2.24, 2.45) is 0 Å². The Labute approximate surface area is 126 Å². The van der Waals surface area contributed by atoms with Crippen LogP contribution in [0.4, 0.5) is 0 Å². The van der Waals surface area contributed by atoms with E-state index in [9.17, 15) is 0 Å². The molecule has 1 aromatic heterocycles. The van der Waals surface area contributed by atoms with Crippen LogP contribution >= 0.6 is 11.3 Å². The van der Waals surface area contributed by atoms with Crippen molar-refractivity contribution in [1.82, 2.24) is 5.32 Å². The number of rotatable bonds is 4. The first-order valence-electron chi connectivity index (χ1n) is 8.18. The summed E-state index contributed by atoms with van der Waals surface area (Å²) in [5.41, 5.74) is 0.219. The molecule has 0 bridgehead atoms. The third-order valence-corrected chi connectivity index (χ3v) is 5.76. The SMILES string of the molecule is CC(Cc1cccs1)NC1CCOC2(CCCCC2)C1. The Morgan fingerprint density at radius 2 is 2.25 bits per heavy atom. The maximum absolute atomic E-state index is 6.19. The highest BCUT2D eigenvalue weighted by Crippen LogP contribution is 2.38. The summed E-state index contributed by atoms with van der Waals surface area (Å²) < 4.78 is 6.19. The van der Waals surface area contributed by atoms with E-state index in [1.807, 2.05) is 11.3 Å². The van der Waals surface area contributed by atoms with Crippen molar-refractivity contribution in [1.29, 1.82) is 0 Å². The number of ether oxygens (including phenoxy) is 1.